The molecule has 1 aromatic rings. The van der Waals surface area contributed by atoms with Crippen LogP contribution in [0.1, 0.15) is 37.4 Å². The summed E-state index contributed by atoms with van der Waals surface area (Å²) < 4.78 is 0. The van der Waals surface area contributed by atoms with Crippen molar-refractivity contribution >= 4 is 22.8 Å². The van der Waals surface area contributed by atoms with Gasteiger partial charge in [0.15, 0.2) is 0 Å². The topological polar surface area (TPSA) is 41.4 Å². The third-order valence-corrected chi connectivity index (χ3v) is 3.97. The van der Waals surface area contributed by atoms with Gasteiger partial charge >= 0.3 is 0 Å². The van der Waals surface area contributed by atoms with E-state index < -0.39 is 0 Å². The maximum absolute atomic E-state index is 5.43. The highest BCUT2D eigenvalue weighted by atomic mass is 32.1. The molecule has 98 valence electrons. The van der Waals surface area contributed by atoms with E-state index in [0.29, 0.717) is 0 Å². The first kappa shape index (κ1) is 12.4. The van der Waals surface area contributed by atoms with Gasteiger partial charge in [0.05, 0.1) is 10.6 Å². The third-order valence-electron chi connectivity index (χ3n) is 3.63. The van der Waals surface area contributed by atoms with Crippen molar-refractivity contribution in [2.24, 2.45) is 4.99 Å². The summed E-state index contributed by atoms with van der Waals surface area (Å²) in [6.45, 7) is 2.20. The van der Waals surface area contributed by atoms with Crippen LogP contribution in [0.2, 0.25) is 0 Å². The first-order valence-corrected chi connectivity index (χ1v) is 7.00. The largest absolute Gasteiger partial charge is 0.351 e. The molecule has 19 heavy (non-hydrogen) atoms. The Morgan fingerprint density at radius 3 is 3.05 bits per heavy atom. The fourth-order valence-electron chi connectivity index (χ4n) is 2.53. The Labute approximate surface area is 118 Å². The van der Waals surface area contributed by atoms with Gasteiger partial charge in [0.1, 0.15) is 23.9 Å². The van der Waals surface area contributed by atoms with Gasteiger partial charge in [0, 0.05) is 18.8 Å². The van der Waals surface area contributed by atoms with Gasteiger partial charge in [0.2, 0.25) is 0 Å². The molecule has 0 fully saturated rings. The summed E-state index contributed by atoms with van der Waals surface area (Å²) in [6.07, 6.45) is 9.01. The summed E-state index contributed by atoms with van der Waals surface area (Å²) in [4.78, 5) is 16.3. The van der Waals surface area contributed by atoms with Crippen LogP contribution < -0.4 is 0 Å². The van der Waals surface area contributed by atoms with Crippen LogP contribution in [0.5, 0.6) is 0 Å². The van der Waals surface area contributed by atoms with Crippen LogP contribution in [0.3, 0.4) is 0 Å². The number of aliphatic imine (C=N–C) groups is 1. The Balaban J connectivity index is 2.02. The van der Waals surface area contributed by atoms with E-state index in [0.717, 1.165) is 34.0 Å². The smallest absolute Gasteiger partial charge is 0.121 e. The van der Waals surface area contributed by atoms with Crippen molar-refractivity contribution in [1.29, 1.82) is 0 Å². The molecule has 0 bridgehead atoms. The van der Waals surface area contributed by atoms with Crippen molar-refractivity contribution in [2.75, 3.05) is 7.05 Å². The van der Waals surface area contributed by atoms with Crippen LogP contribution in [-0.4, -0.2) is 38.7 Å². The molecule has 0 saturated heterocycles. The van der Waals surface area contributed by atoms with Crippen LogP contribution >= 0.6 is 12.2 Å². The molecule has 4 nitrogen and oxygen atoms in total. The molecule has 0 saturated carbocycles. The zero-order chi connectivity index (χ0) is 13.4. The Hall–Kier alpha value is -1.62. The van der Waals surface area contributed by atoms with Crippen molar-refractivity contribution < 1.29 is 0 Å². The molecule has 1 aromatic heterocycles. The third kappa shape index (κ3) is 1.98. The SMILES string of the molecule is CCCCC1N=C2C(=CC(=S)c3cncnc32)N1C. The van der Waals surface area contributed by atoms with Crippen molar-refractivity contribution in [1.82, 2.24) is 14.9 Å². The molecule has 5 heteroatoms. The van der Waals surface area contributed by atoms with Gasteiger partial charge in [0.25, 0.3) is 0 Å². The molecule has 2 heterocycles. The predicted molar refractivity (Wildman–Crippen MR) is 79.4 cm³/mol. The lowest BCUT2D eigenvalue weighted by Gasteiger charge is -2.23. The quantitative estimate of drug-likeness (QED) is 0.792. The Morgan fingerprint density at radius 1 is 1.42 bits per heavy atom. The summed E-state index contributed by atoms with van der Waals surface area (Å²) in [6, 6.07) is 0. The van der Waals surface area contributed by atoms with E-state index in [2.05, 4.69) is 28.8 Å². The minimum absolute atomic E-state index is 0.213. The van der Waals surface area contributed by atoms with Crippen LogP contribution in [0.15, 0.2) is 29.3 Å². The lowest BCUT2D eigenvalue weighted by Crippen LogP contribution is -2.28. The number of unbranched alkanes of at least 4 members (excludes halogenated alkanes) is 1. The molecule has 0 aromatic carbocycles. The second-order valence-electron chi connectivity index (χ2n) is 4.89. The average molecular weight is 272 g/mol. The molecule has 0 N–H and O–H groups in total. The molecule has 0 spiro atoms. The van der Waals surface area contributed by atoms with E-state index in [-0.39, 0.29) is 6.17 Å². The molecule has 1 aliphatic heterocycles. The van der Waals surface area contributed by atoms with E-state index >= 15 is 0 Å². The van der Waals surface area contributed by atoms with Gasteiger partial charge in [-0.2, -0.15) is 0 Å². The minimum Gasteiger partial charge on any atom is -0.351 e. The standard InChI is InChI=1S/C14H16N4S/c1-3-4-5-12-17-14-10(18(12)2)6-11(19)9-7-15-8-16-13(9)14/h6-8,12H,3-5H2,1-2H3. The number of rotatable bonds is 3. The minimum atomic E-state index is 0.213. The molecular formula is C14H16N4S. The summed E-state index contributed by atoms with van der Waals surface area (Å²) in [5, 5.41) is 0. The van der Waals surface area contributed by atoms with Crippen molar-refractivity contribution in [3.63, 3.8) is 0 Å². The Morgan fingerprint density at radius 2 is 2.26 bits per heavy atom. The van der Waals surface area contributed by atoms with Gasteiger partial charge in [-0.3, -0.25) is 4.99 Å². The fourth-order valence-corrected chi connectivity index (χ4v) is 2.79. The van der Waals surface area contributed by atoms with E-state index in [4.69, 9.17) is 17.2 Å². The number of likely N-dealkylation sites (N-methyl/N-ethyl adjacent to an activating group) is 1. The summed E-state index contributed by atoms with van der Waals surface area (Å²) in [5.41, 5.74) is 3.86. The molecule has 1 unspecified atom stereocenters. The normalized spacial score (nSPS) is 20.8. The Bertz CT molecular complexity index is 591. The molecule has 0 radical (unpaired) electrons. The van der Waals surface area contributed by atoms with Crippen LogP contribution in [0.4, 0.5) is 0 Å². The first-order valence-electron chi connectivity index (χ1n) is 6.59. The Kier molecular flexibility index (Phi) is 3.14. The van der Waals surface area contributed by atoms with E-state index in [1.165, 1.54) is 12.8 Å². The molecule has 0 amide bonds. The van der Waals surface area contributed by atoms with Crippen LogP contribution in [0.25, 0.3) is 0 Å². The van der Waals surface area contributed by atoms with Crippen LogP contribution in [-0.2, 0) is 0 Å². The van der Waals surface area contributed by atoms with Crippen molar-refractivity contribution in [3.8, 4) is 0 Å². The summed E-state index contributed by atoms with van der Waals surface area (Å²) in [5.74, 6) is 0. The van der Waals surface area contributed by atoms with Crippen molar-refractivity contribution in [2.45, 2.75) is 32.4 Å². The molecule has 3 rings (SSSR count). The lowest BCUT2D eigenvalue weighted by molar-refractivity contribution is 0.323. The number of hydrogen-bond acceptors (Lipinski definition) is 5. The van der Waals surface area contributed by atoms with E-state index in [1.807, 2.05) is 6.08 Å². The van der Waals surface area contributed by atoms with Crippen LogP contribution in [0, 0.1) is 0 Å². The monoisotopic (exact) mass is 272 g/mol. The van der Waals surface area contributed by atoms with E-state index in [1.54, 1.807) is 12.5 Å². The number of fused-ring (bicyclic) bond motifs is 3. The van der Waals surface area contributed by atoms with Crippen molar-refractivity contribution in [3.05, 3.63) is 35.6 Å². The second kappa shape index (κ2) is 4.81. The highest BCUT2D eigenvalue weighted by Gasteiger charge is 2.33. The molecule has 1 atom stereocenters. The number of aromatic nitrogens is 2. The highest BCUT2D eigenvalue weighted by Crippen LogP contribution is 2.30. The van der Waals surface area contributed by atoms with Gasteiger partial charge < -0.3 is 4.90 Å². The number of thiocarbonyl (C=S) groups is 1. The predicted octanol–water partition coefficient (Wildman–Crippen LogP) is 2.34. The van der Waals surface area contributed by atoms with Gasteiger partial charge in [-0.15, -0.1) is 0 Å². The lowest BCUT2D eigenvalue weighted by atomic mass is 9.99. The number of hydrogen-bond donors (Lipinski definition) is 0. The number of allylic oxidation sites excluding steroid dienone is 2. The first-order chi connectivity index (χ1) is 9.22. The summed E-state index contributed by atoms with van der Waals surface area (Å²) in [7, 11) is 2.08. The van der Waals surface area contributed by atoms with E-state index in [9.17, 15) is 0 Å². The van der Waals surface area contributed by atoms with Gasteiger partial charge in [-0.05, 0) is 18.9 Å². The zero-order valence-electron chi connectivity index (χ0n) is 11.1. The second-order valence-corrected chi connectivity index (χ2v) is 5.33. The molecule has 2 aliphatic rings. The summed E-state index contributed by atoms with van der Waals surface area (Å²) >= 11 is 5.43. The maximum Gasteiger partial charge on any atom is 0.121 e. The fraction of sp³-hybridized carbons (Fsp3) is 0.429. The van der Waals surface area contributed by atoms with Gasteiger partial charge in [-0.25, -0.2) is 9.97 Å². The average Bonchev–Trinajstić information content (AvgIpc) is 2.74. The maximum atomic E-state index is 5.43. The molecular weight excluding hydrogens is 256 g/mol. The highest BCUT2D eigenvalue weighted by molar-refractivity contribution is 7.81. The number of nitrogens with zero attached hydrogens (tertiary/aromatic N) is 4. The zero-order valence-corrected chi connectivity index (χ0v) is 11.9. The molecule has 1 aliphatic carbocycles. The van der Waals surface area contributed by atoms with Gasteiger partial charge in [-0.1, -0.05) is 25.6 Å².